The van der Waals surface area contributed by atoms with Crippen molar-refractivity contribution in [2.75, 3.05) is 0 Å². The van der Waals surface area contributed by atoms with E-state index >= 15 is 0 Å². The van der Waals surface area contributed by atoms with Gasteiger partial charge in [0.05, 0.1) is 15.4 Å². The Bertz CT molecular complexity index is 928. The van der Waals surface area contributed by atoms with Gasteiger partial charge < -0.3 is 0 Å². The predicted molar refractivity (Wildman–Crippen MR) is 96.7 cm³/mol. The summed E-state index contributed by atoms with van der Waals surface area (Å²) in [6.45, 7) is 0. The monoisotopic (exact) mass is 371 g/mol. The van der Waals surface area contributed by atoms with Gasteiger partial charge in [0.1, 0.15) is 0 Å². The lowest BCUT2D eigenvalue weighted by Crippen LogP contribution is -2.34. The molecule has 25 heavy (non-hydrogen) atoms. The van der Waals surface area contributed by atoms with Crippen LogP contribution in [0.1, 0.15) is 15.9 Å². The lowest BCUT2D eigenvalue weighted by atomic mass is 10.2. The summed E-state index contributed by atoms with van der Waals surface area (Å²) in [7, 11) is 0. The number of non-ortho nitro benzene ring substituents is 1. The minimum atomic E-state index is -0.560. The van der Waals surface area contributed by atoms with Crippen molar-refractivity contribution in [3.8, 4) is 0 Å². The third-order valence-electron chi connectivity index (χ3n) is 3.28. The third kappa shape index (κ3) is 3.47. The molecule has 0 aliphatic carbocycles. The molecule has 2 aromatic rings. The van der Waals surface area contributed by atoms with E-state index in [1.54, 1.807) is 12.1 Å². The second kappa shape index (κ2) is 6.91. The van der Waals surface area contributed by atoms with Gasteiger partial charge in [-0.15, -0.1) is 0 Å². The molecule has 2 heterocycles. The number of nitrogens with zero attached hydrogens (tertiary/aromatic N) is 3. The molecule has 0 spiro atoms. The van der Waals surface area contributed by atoms with Crippen LogP contribution in [-0.4, -0.2) is 30.9 Å². The summed E-state index contributed by atoms with van der Waals surface area (Å²) < 4.78 is 0.107. The Hall–Kier alpha value is -2.91. The Labute approximate surface area is 151 Å². The van der Waals surface area contributed by atoms with Crippen LogP contribution in [0.4, 0.5) is 5.69 Å². The number of carbonyl (C=O) groups is 2. The van der Waals surface area contributed by atoms with Gasteiger partial charge in [-0.3, -0.25) is 24.7 Å². The fourth-order valence-corrected chi connectivity index (χ4v) is 3.39. The number of hydrogen-bond donors (Lipinski definition) is 0. The van der Waals surface area contributed by atoms with Crippen LogP contribution in [-0.2, 0) is 4.79 Å². The standard InChI is InChI=1S/C16H9N3O4S2/c20-14(11-4-2-6-17-9-11)18-15(21)13(25-16(18)24)8-10-3-1-5-12(7-10)19(22)23/h1-9H. The van der Waals surface area contributed by atoms with Crippen molar-refractivity contribution in [3.63, 3.8) is 0 Å². The first-order valence-electron chi connectivity index (χ1n) is 6.94. The molecule has 124 valence electrons. The van der Waals surface area contributed by atoms with Gasteiger partial charge in [-0.2, -0.15) is 0 Å². The van der Waals surface area contributed by atoms with Gasteiger partial charge in [-0.05, 0) is 23.8 Å². The molecule has 0 saturated carbocycles. The molecular formula is C16H9N3O4S2. The zero-order chi connectivity index (χ0) is 18.0. The third-order valence-corrected chi connectivity index (χ3v) is 4.59. The second-order valence-corrected chi connectivity index (χ2v) is 6.59. The number of benzene rings is 1. The van der Waals surface area contributed by atoms with E-state index in [4.69, 9.17) is 12.2 Å². The maximum absolute atomic E-state index is 12.5. The molecule has 3 rings (SSSR count). The van der Waals surface area contributed by atoms with E-state index in [0.717, 1.165) is 16.7 Å². The highest BCUT2D eigenvalue weighted by Gasteiger charge is 2.37. The first-order chi connectivity index (χ1) is 12.0. The highest BCUT2D eigenvalue weighted by molar-refractivity contribution is 8.26. The molecule has 0 atom stereocenters. The van der Waals surface area contributed by atoms with E-state index in [2.05, 4.69) is 4.98 Å². The number of nitro benzene ring substituents is 1. The van der Waals surface area contributed by atoms with Crippen molar-refractivity contribution < 1.29 is 14.5 Å². The topological polar surface area (TPSA) is 93.4 Å². The van der Waals surface area contributed by atoms with Gasteiger partial charge in [0.15, 0.2) is 4.32 Å². The Morgan fingerprint density at radius 2 is 2.12 bits per heavy atom. The van der Waals surface area contributed by atoms with Crippen molar-refractivity contribution in [1.82, 2.24) is 9.88 Å². The number of nitro groups is 1. The average molecular weight is 371 g/mol. The molecule has 1 fully saturated rings. The Kier molecular flexibility index (Phi) is 4.68. The van der Waals surface area contributed by atoms with Gasteiger partial charge >= 0.3 is 0 Å². The molecule has 1 aromatic heterocycles. The van der Waals surface area contributed by atoms with Crippen LogP contribution >= 0.6 is 24.0 Å². The molecule has 1 aliphatic heterocycles. The number of pyridine rings is 1. The van der Waals surface area contributed by atoms with Crippen LogP contribution in [0.3, 0.4) is 0 Å². The second-order valence-electron chi connectivity index (χ2n) is 4.92. The van der Waals surface area contributed by atoms with Crippen molar-refractivity contribution in [3.05, 3.63) is 74.9 Å². The molecule has 1 aliphatic rings. The summed E-state index contributed by atoms with van der Waals surface area (Å²) in [5, 5.41) is 10.8. The van der Waals surface area contributed by atoms with Gasteiger partial charge in [0, 0.05) is 24.5 Å². The summed E-state index contributed by atoms with van der Waals surface area (Å²) in [5.74, 6) is -1.12. The largest absolute Gasteiger partial charge is 0.273 e. The minimum absolute atomic E-state index is 0.0873. The van der Waals surface area contributed by atoms with Gasteiger partial charge in [-0.25, -0.2) is 4.90 Å². The van der Waals surface area contributed by atoms with E-state index in [9.17, 15) is 19.7 Å². The zero-order valence-electron chi connectivity index (χ0n) is 12.5. The molecule has 0 bridgehead atoms. The molecule has 1 saturated heterocycles. The van der Waals surface area contributed by atoms with Gasteiger partial charge in [0.25, 0.3) is 17.5 Å². The fourth-order valence-electron chi connectivity index (χ4n) is 2.14. The number of rotatable bonds is 3. The van der Waals surface area contributed by atoms with Crippen molar-refractivity contribution in [2.24, 2.45) is 0 Å². The molecule has 2 amide bonds. The summed E-state index contributed by atoms with van der Waals surface area (Å²) in [5.41, 5.74) is 0.634. The molecule has 0 radical (unpaired) electrons. The van der Waals surface area contributed by atoms with Crippen LogP contribution in [0.5, 0.6) is 0 Å². The van der Waals surface area contributed by atoms with Crippen LogP contribution in [0.2, 0.25) is 0 Å². The quantitative estimate of drug-likeness (QED) is 0.269. The first-order valence-corrected chi connectivity index (χ1v) is 8.16. The number of imide groups is 1. The molecule has 1 aromatic carbocycles. The SMILES string of the molecule is O=C1C(=Cc2cccc([N+](=O)[O-])c2)SC(=S)N1C(=O)c1cccnc1. The predicted octanol–water partition coefficient (Wildman–Crippen LogP) is 3.03. The molecule has 9 heteroatoms. The highest BCUT2D eigenvalue weighted by atomic mass is 32.2. The average Bonchev–Trinajstić information content (AvgIpc) is 2.89. The van der Waals surface area contributed by atoms with Crippen molar-refractivity contribution in [2.45, 2.75) is 0 Å². The van der Waals surface area contributed by atoms with Crippen molar-refractivity contribution in [1.29, 1.82) is 0 Å². The number of thioether (sulfide) groups is 1. The number of hydrogen-bond acceptors (Lipinski definition) is 7. The van der Waals surface area contributed by atoms with E-state index < -0.39 is 16.7 Å². The fraction of sp³-hybridized carbons (Fsp3) is 0. The Balaban J connectivity index is 1.90. The van der Waals surface area contributed by atoms with Crippen LogP contribution in [0.25, 0.3) is 6.08 Å². The normalized spacial score (nSPS) is 15.7. The number of aromatic nitrogens is 1. The summed E-state index contributed by atoms with van der Waals surface area (Å²) >= 11 is 6.10. The Morgan fingerprint density at radius 3 is 2.80 bits per heavy atom. The Morgan fingerprint density at radius 1 is 1.32 bits per heavy atom. The van der Waals surface area contributed by atoms with E-state index in [1.807, 2.05) is 0 Å². The minimum Gasteiger partial charge on any atom is -0.268 e. The molecular weight excluding hydrogens is 362 g/mol. The van der Waals surface area contributed by atoms with Gasteiger partial charge in [0.2, 0.25) is 0 Å². The molecule has 0 N–H and O–H groups in total. The number of carbonyl (C=O) groups excluding carboxylic acids is 2. The molecule has 7 nitrogen and oxygen atoms in total. The lowest BCUT2D eigenvalue weighted by Gasteiger charge is -2.11. The maximum atomic E-state index is 12.5. The van der Waals surface area contributed by atoms with E-state index in [0.29, 0.717) is 5.56 Å². The zero-order valence-corrected chi connectivity index (χ0v) is 14.1. The summed E-state index contributed by atoms with van der Waals surface area (Å²) in [4.78, 5) is 40.3. The summed E-state index contributed by atoms with van der Waals surface area (Å²) in [6.07, 6.45) is 4.34. The lowest BCUT2D eigenvalue weighted by molar-refractivity contribution is -0.384. The maximum Gasteiger partial charge on any atom is 0.273 e. The number of thiocarbonyl (C=S) groups is 1. The van der Waals surface area contributed by atoms with Crippen molar-refractivity contribution >= 4 is 51.9 Å². The van der Waals surface area contributed by atoms with Crippen LogP contribution in [0, 0.1) is 10.1 Å². The van der Waals surface area contributed by atoms with Crippen LogP contribution < -0.4 is 0 Å². The number of amides is 2. The van der Waals surface area contributed by atoms with Crippen LogP contribution in [0.15, 0.2) is 53.7 Å². The highest BCUT2D eigenvalue weighted by Crippen LogP contribution is 2.33. The smallest absolute Gasteiger partial charge is 0.268 e. The summed E-state index contributed by atoms with van der Waals surface area (Å²) in [6, 6.07) is 8.97. The van der Waals surface area contributed by atoms with Gasteiger partial charge in [-0.1, -0.05) is 36.1 Å². The first kappa shape index (κ1) is 16.9. The molecule has 0 unspecified atom stereocenters. The van der Waals surface area contributed by atoms with E-state index in [-0.39, 0.29) is 20.5 Å². The van der Waals surface area contributed by atoms with E-state index in [1.165, 1.54) is 42.7 Å².